The van der Waals surface area contributed by atoms with Crippen LogP contribution in [0.4, 0.5) is 0 Å². The number of carbonyl (C=O) groups excluding carboxylic acids is 1. The lowest BCUT2D eigenvalue weighted by molar-refractivity contribution is -0.142. The summed E-state index contributed by atoms with van der Waals surface area (Å²) in [5.74, 6) is 1.71. The van der Waals surface area contributed by atoms with E-state index in [-0.39, 0.29) is 5.97 Å². The Balaban J connectivity index is 1.97. The molecule has 1 saturated carbocycles. The van der Waals surface area contributed by atoms with Crippen molar-refractivity contribution in [3.05, 3.63) is 24.3 Å². The van der Waals surface area contributed by atoms with E-state index in [9.17, 15) is 4.79 Å². The predicted octanol–water partition coefficient (Wildman–Crippen LogP) is 9.34. The molecule has 1 aliphatic carbocycles. The zero-order chi connectivity index (χ0) is 22.4. The van der Waals surface area contributed by atoms with Gasteiger partial charge in [0, 0.05) is 6.42 Å². The van der Waals surface area contributed by atoms with Crippen molar-refractivity contribution < 1.29 is 9.53 Å². The van der Waals surface area contributed by atoms with Crippen molar-refractivity contribution in [2.75, 3.05) is 6.61 Å². The van der Waals surface area contributed by atoms with Gasteiger partial charge in [-0.1, -0.05) is 102 Å². The summed E-state index contributed by atoms with van der Waals surface area (Å²) in [7, 11) is 0. The molecular weight excluding hydrogens is 380 g/mol. The molecule has 0 aromatic heterocycles. The van der Waals surface area contributed by atoms with Gasteiger partial charge in [0.05, 0.1) is 0 Å². The largest absolute Gasteiger partial charge is 0.461 e. The molecule has 2 heteroatoms. The Morgan fingerprint density at radius 3 is 2.19 bits per heavy atom. The van der Waals surface area contributed by atoms with Gasteiger partial charge in [0.2, 0.25) is 0 Å². The number of unbranched alkanes of at least 4 members (excludes halogenated alkanes) is 11. The van der Waals surface area contributed by atoms with Crippen LogP contribution in [0.25, 0.3) is 0 Å². The highest BCUT2D eigenvalue weighted by Gasteiger charge is 2.24. The zero-order valence-corrected chi connectivity index (χ0v) is 20.9. The fourth-order valence-electron chi connectivity index (χ4n) is 4.75. The quantitative estimate of drug-likeness (QED) is 0.109. The van der Waals surface area contributed by atoms with Gasteiger partial charge in [-0.2, -0.15) is 0 Å². The molecule has 31 heavy (non-hydrogen) atoms. The van der Waals surface area contributed by atoms with Gasteiger partial charge in [-0.05, 0) is 63.2 Å². The number of allylic oxidation sites excluding steroid dienone is 3. The smallest absolute Gasteiger partial charge is 0.306 e. The minimum absolute atomic E-state index is 0.0319. The molecule has 1 aliphatic rings. The summed E-state index contributed by atoms with van der Waals surface area (Å²) in [5, 5.41) is 0. The molecule has 0 saturated heterocycles. The SMILES string of the molecule is CCCCCCC=CCOC(=O)CCCCCC[C@H]1CCC[C@@H]1C=CCCCCCC. The number of carbonyl (C=O) groups is 1. The second kappa shape index (κ2) is 20.8. The van der Waals surface area contributed by atoms with Crippen molar-refractivity contribution in [2.45, 2.75) is 136 Å². The molecule has 0 aliphatic heterocycles. The first-order chi connectivity index (χ1) is 15.3. The predicted molar refractivity (Wildman–Crippen MR) is 135 cm³/mol. The number of ether oxygens (including phenoxy) is 1. The summed E-state index contributed by atoms with van der Waals surface area (Å²) in [5.41, 5.74) is 0. The second-order valence-corrected chi connectivity index (χ2v) is 9.59. The van der Waals surface area contributed by atoms with E-state index in [0.29, 0.717) is 13.0 Å². The van der Waals surface area contributed by atoms with Crippen LogP contribution in [-0.4, -0.2) is 12.6 Å². The van der Waals surface area contributed by atoms with Gasteiger partial charge in [0.15, 0.2) is 0 Å². The van der Waals surface area contributed by atoms with Crippen LogP contribution in [-0.2, 0) is 9.53 Å². The van der Waals surface area contributed by atoms with E-state index in [2.05, 4.69) is 32.1 Å². The summed E-state index contributed by atoms with van der Waals surface area (Å²) < 4.78 is 5.31. The first-order valence-electron chi connectivity index (χ1n) is 13.7. The van der Waals surface area contributed by atoms with E-state index in [4.69, 9.17) is 4.74 Å². The molecule has 1 rings (SSSR count). The normalized spacial score (nSPS) is 19.0. The molecule has 2 atom stereocenters. The van der Waals surface area contributed by atoms with E-state index >= 15 is 0 Å². The van der Waals surface area contributed by atoms with Gasteiger partial charge < -0.3 is 4.74 Å². The first kappa shape index (κ1) is 28.0. The maximum Gasteiger partial charge on any atom is 0.306 e. The van der Waals surface area contributed by atoms with Crippen molar-refractivity contribution in [2.24, 2.45) is 11.8 Å². The van der Waals surface area contributed by atoms with Crippen LogP contribution in [0.3, 0.4) is 0 Å². The molecule has 0 radical (unpaired) electrons. The highest BCUT2D eigenvalue weighted by atomic mass is 16.5. The molecular formula is C29H52O2. The topological polar surface area (TPSA) is 26.3 Å². The number of hydrogen-bond acceptors (Lipinski definition) is 2. The van der Waals surface area contributed by atoms with Crippen molar-refractivity contribution in [1.29, 1.82) is 0 Å². The van der Waals surface area contributed by atoms with Crippen LogP contribution in [0.5, 0.6) is 0 Å². The minimum Gasteiger partial charge on any atom is -0.461 e. The Kier molecular flexibility index (Phi) is 18.8. The van der Waals surface area contributed by atoms with Crippen molar-refractivity contribution in [3.63, 3.8) is 0 Å². The Morgan fingerprint density at radius 1 is 0.774 bits per heavy atom. The van der Waals surface area contributed by atoms with Crippen LogP contribution in [0.1, 0.15) is 136 Å². The zero-order valence-electron chi connectivity index (χ0n) is 20.9. The average Bonchev–Trinajstić information content (AvgIpc) is 3.22. The van der Waals surface area contributed by atoms with Gasteiger partial charge in [-0.3, -0.25) is 4.79 Å². The number of hydrogen-bond donors (Lipinski definition) is 0. The standard InChI is InChI=1S/C29H52O2/c1-3-5-7-9-11-15-19-26-31-29(30)25-18-14-13-17-22-28-24-20-23-27(28)21-16-12-10-8-6-4-2/h15-16,19,21,27-28H,3-14,17-18,20,22-26H2,1-2H3/t27-,28-/m0/s1. The van der Waals surface area contributed by atoms with Gasteiger partial charge in [-0.15, -0.1) is 0 Å². The molecule has 0 spiro atoms. The molecule has 2 nitrogen and oxygen atoms in total. The Bertz CT molecular complexity index is 465. The van der Waals surface area contributed by atoms with Crippen LogP contribution in [0, 0.1) is 11.8 Å². The van der Waals surface area contributed by atoms with E-state index in [1.165, 1.54) is 96.3 Å². The van der Waals surface area contributed by atoms with E-state index in [1.807, 2.05) is 6.08 Å². The first-order valence-corrected chi connectivity index (χ1v) is 13.7. The summed E-state index contributed by atoms with van der Waals surface area (Å²) in [6.45, 7) is 4.96. The van der Waals surface area contributed by atoms with Crippen molar-refractivity contribution >= 4 is 5.97 Å². The molecule has 0 N–H and O–H groups in total. The monoisotopic (exact) mass is 432 g/mol. The highest BCUT2D eigenvalue weighted by Crippen LogP contribution is 2.36. The summed E-state index contributed by atoms with van der Waals surface area (Å²) in [6, 6.07) is 0. The lowest BCUT2D eigenvalue weighted by Gasteiger charge is -2.16. The number of esters is 1. The fourth-order valence-corrected chi connectivity index (χ4v) is 4.75. The molecule has 0 unspecified atom stereocenters. The molecule has 0 heterocycles. The van der Waals surface area contributed by atoms with E-state index in [0.717, 1.165) is 31.1 Å². The van der Waals surface area contributed by atoms with E-state index < -0.39 is 0 Å². The second-order valence-electron chi connectivity index (χ2n) is 9.59. The van der Waals surface area contributed by atoms with Crippen LogP contribution < -0.4 is 0 Å². The van der Waals surface area contributed by atoms with Crippen LogP contribution in [0.15, 0.2) is 24.3 Å². The fraction of sp³-hybridized carbons (Fsp3) is 0.828. The maximum atomic E-state index is 11.8. The summed E-state index contributed by atoms with van der Waals surface area (Å²) in [6.07, 6.45) is 33.0. The summed E-state index contributed by atoms with van der Waals surface area (Å²) >= 11 is 0. The van der Waals surface area contributed by atoms with Crippen molar-refractivity contribution in [1.82, 2.24) is 0 Å². The van der Waals surface area contributed by atoms with Crippen LogP contribution in [0.2, 0.25) is 0 Å². The third-order valence-corrected chi connectivity index (χ3v) is 6.76. The molecule has 180 valence electrons. The number of rotatable bonds is 20. The third-order valence-electron chi connectivity index (χ3n) is 6.76. The van der Waals surface area contributed by atoms with Gasteiger partial charge in [-0.25, -0.2) is 0 Å². The van der Waals surface area contributed by atoms with Crippen molar-refractivity contribution in [3.8, 4) is 0 Å². The molecule has 0 aromatic rings. The van der Waals surface area contributed by atoms with Crippen LogP contribution >= 0.6 is 0 Å². The molecule has 0 bridgehead atoms. The van der Waals surface area contributed by atoms with Gasteiger partial charge >= 0.3 is 5.97 Å². The highest BCUT2D eigenvalue weighted by molar-refractivity contribution is 5.69. The Morgan fingerprint density at radius 2 is 1.45 bits per heavy atom. The van der Waals surface area contributed by atoms with Gasteiger partial charge in [0.1, 0.15) is 6.61 Å². The maximum absolute atomic E-state index is 11.8. The Hall–Kier alpha value is -1.05. The molecule has 0 aromatic carbocycles. The lowest BCUT2D eigenvalue weighted by atomic mass is 9.90. The lowest BCUT2D eigenvalue weighted by Crippen LogP contribution is -2.05. The van der Waals surface area contributed by atoms with Gasteiger partial charge in [0.25, 0.3) is 0 Å². The Labute approximate surface area is 194 Å². The molecule has 0 amide bonds. The van der Waals surface area contributed by atoms with E-state index in [1.54, 1.807) is 0 Å². The average molecular weight is 433 g/mol. The minimum atomic E-state index is -0.0319. The summed E-state index contributed by atoms with van der Waals surface area (Å²) in [4.78, 5) is 11.8. The molecule has 1 fully saturated rings. The third kappa shape index (κ3) is 16.3.